The summed E-state index contributed by atoms with van der Waals surface area (Å²) in [6, 6.07) is 11.9. The van der Waals surface area contributed by atoms with Gasteiger partial charge in [-0.25, -0.2) is 0 Å². The molecule has 1 heterocycles. The second-order valence-corrected chi connectivity index (χ2v) is 4.37. The maximum Gasteiger partial charge on any atom is 0.120 e. The maximum absolute atomic E-state index is 8.82. The van der Waals surface area contributed by atoms with Crippen LogP contribution in [-0.4, -0.2) is 0 Å². The summed E-state index contributed by atoms with van der Waals surface area (Å²) in [7, 11) is 0. The van der Waals surface area contributed by atoms with Crippen molar-refractivity contribution in [3.63, 3.8) is 0 Å². The topological polar surface area (TPSA) is 49.0 Å². The van der Waals surface area contributed by atoms with E-state index in [1.54, 1.807) is 6.26 Å². The van der Waals surface area contributed by atoms with Crippen LogP contribution in [-0.2, 0) is 6.54 Å². The van der Waals surface area contributed by atoms with Crippen LogP contribution in [0.4, 0.5) is 0 Å². The molecular formula is C15H16N2O. The highest BCUT2D eigenvalue weighted by Gasteiger charge is 2.08. The van der Waals surface area contributed by atoms with Gasteiger partial charge in [-0.1, -0.05) is 6.07 Å². The summed E-state index contributed by atoms with van der Waals surface area (Å²) in [5, 5.41) is 12.2. The number of benzene rings is 1. The largest absolute Gasteiger partial charge is 0.468 e. The zero-order chi connectivity index (χ0) is 13.0. The summed E-state index contributed by atoms with van der Waals surface area (Å²) in [6.07, 6.45) is 1.68. The minimum Gasteiger partial charge on any atom is -0.468 e. The number of aryl methyl sites for hydroxylation is 1. The smallest absolute Gasteiger partial charge is 0.120 e. The first-order chi connectivity index (χ1) is 8.70. The molecule has 0 spiro atoms. The fourth-order valence-electron chi connectivity index (χ4n) is 1.87. The highest BCUT2D eigenvalue weighted by atomic mass is 16.3. The monoisotopic (exact) mass is 240 g/mol. The van der Waals surface area contributed by atoms with Crippen molar-refractivity contribution in [3.05, 3.63) is 59.0 Å². The molecular weight excluding hydrogens is 224 g/mol. The first-order valence-corrected chi connectivity index (χ1v) is 5.97. The van der Waals surface area contributed by atoms with E-state index >= 15 is 0 Å². The molecule has 2 rings (SSSR count). The van der Waals surface area contributed by atoms with Gasteiger partial charge < -0.3 is 9.73 Å². The van der Waals surface area contributed by atoms with E-state index in [0.717, 1.165) is 17.9 Å². The van der Waals surface area contributed by atoms with Crippen LogP contribution in [0.5, 0.6) is 0 Å². The Morgan fingerprint density at radius 3 is 2.83 bits per heavy atom. The van der Waals surface area contributed by atoms with Crippen LogP contribution in [0.2, 0.25) is 0 Å². The van der Waals surface area contributed by atoms with Gasteiger partial charge in [0.25, 0.3) is 0 Å². The minimum absolute atomic E-state index is 0.176. The number of furan rings is 1. The lowest BCUT2D eigenvalue weighted by Gasteiger charge is -2.13. The lowest BCUT2D eigenvalue weighted by molar-refractivity contribution is 0.430. The van der Waals surface area contributed by atoms with Gasteiger partial charge in [-0.05, 0) is 49.2 Å². The molecule has 18 heavy (non-hydrogen) atoms. The minimum atomic E-state index is 0.176. The van der Waals surface area contributed by atoms with Crippen LogP contribution >= 0.6 is 0 Å². The fraction of sp³-hybridized carbons (Fsp3) is 0.267. The lowest BCUT2D eigenvalue weighted by atomic mass is 10.1. The molecule has 0 fully saturated rings. The van der Waals surface area contributed by atoms with Gasteiger partial charge >= 0.3 is 0 Å². The van der Waals surface area contributed by atoms with Crippen LogP contribution in [0, 0.1) is 18.3 Å². The summed E-state index contributed by atoms with van der Waals surface area (Å²) >= 11 is 0. The van der Waals surface area contributed by atoms with Gasteiger partial charge in [0, 0.05) is 6.54 Å². The molecule has 0 aliphatic heterocycles. The molecule has 0 amide bonds. The molecule has 1 N–H and O–H groups in total. The Balaban J connectivity index is 2.00. The summed E-state index contributed by atoms with van der Waals surface area (Å²) in [5.41, 5.74) is 3.04. The van der Waals surface area contributed by atoms with Crippen molar-refractivity contribution in [3.8, 4) is 6.07 Å². The summed E-state index contributed by atoms with van der Waals surface area (Å²) in [5.74, 6) is 0.932. The first-order valence-electron chi connectivity index (χ1n) is 5.97. The Morgan fingerprint density at radius 1 is 1.39 bits per heavy atom. The van der Waals surface area contributed by atoms with E-state index in [-0.39, 0.29) is 6.04 Å². The highest BCUT2D eigenvalue weighted by molar-refractivity contribution is 5.37. The predicted molar refractivity (Wildman–Crippen MR) is 69.9 cm³/mol. The van der Waals surface area contributed by atoms with Gasteiger partial charge in [0.15, 0.2) is 0 Å². The summed E-state index contributed by atoms with van der Waals surface area (Å²) in [6.45, 7) is 4.85. The van der Waals surface area contributed by atoms with E-state index in [1.807, 2.05) is 37.3 Å². The summed E-state index contributed by atoms with van der Waals surface area (Å²) < 4.78 is 5.34. The van der Waals surface area contributed by atoms with E-state index in [0.29, 0.717) is 5.56 Å². The van der Waals surface area contributed by atoms with Crippen molar-refractivity contribution in [2.45, 2.75) is 26.4 Å². The molecule has 3 nitrogen and oxygen atoms in total. The van der Waals surface area contributed by atoms with Crippen molar-refractivity contribution in [1.82, 2.24) is 5.32 Å². The Bertz CT molecular complexity index is 552. The van der Waals surface area contributed by atoms with Crippen molar-refractivity contribution in [1.29, 1.82) is 5.26 Å². The van der Waals surface area contributed by atoms with Crippen LogP contribution in [0.25, 0.3) is 0 Å². The highest BCUT2D eigenvalue weighted by Crippen LogP contribution is 2.15. The first kappa shape index (κ1) is 12.4. The molecule has 0 aliphatic carbocycles. The van der Waals surface area contributed by atoms with Gasteiger partial charge in [-0.15, -0.1) is 0 Å². The third-order valence-corrected chi connectivity index (χ3v) is 3.04. The van der Waals surface area contributed by atoms with Crippen LogP contribution in [0.15, 0.2) is 41.0 Å². The van der Waals surface area contributed by atoms with Gasteiger partial charge in [0.2, 0.25) is 0 Å². The quantitative estimate of drug-likeness (QED) is 0.891. The molecule has 1 unspecified atom stereocenters. The third-order valence-electron chi connectivity index (χ3n) is 3.04. The Labute approximate surface area is 107 Å². The Morgan fingerprint density at radius 2 is 2.22 bits per heavy atom. The summed E-state index contributed by atoms with van der Waals surface area (Å²) in [4.78, 5) is 0. The number of hydrogen-bond donors (Lipinski definition) is 1. The average Bonchev–Trinajstić information content (AvgIpc) is 2.90. The number of hydrogen-bond acceptors (Lipinski definition) is 3. The third kappa shape index (κ3) is 2.79. The van der Waals surface area contributed by atoms with E-state index < -0.39 is 0 Å². The average molecular weight is 240 g/mol. The SMILES string of the molecule is Cc1cc(C#N)ccc1CNC(C)c1ccco1. The van der Waals surface area contributed by atoms with E-state index in [1.165, 1.54) is 5.56 Å². The van der Waals surface area contributed by atoms with Gasteiger partial charge in [0.1, 0.15) is 5.76 Å². The molecule has 2 aromatic rings. The van der Waals surface area contributed by atoms with Crippen LogP contribution < -0.4 is 5.32 Å². The Hall–Kier alpha value is -2.05. The zero-order valence-corrected chi connectivity index (χ0v) is 10.6. The molecule has 0 radical (unpaired) electrons. The number of nitrogens with one attached hydrogen (secondary N) is 1. The second kappa shape index (κ2) is 5.52. The molecule has 0 bridgehead atoms. The molecule has 1 atom stereocenters. The molecule has 0 aliphatic rings. The van der Waals surface area contributed by atoms with Crippen molar-refractivity contribution in [2.24, 2.45) is 0 Å². The molecule has 3 heteroatoms. The van der Waals surface area contributed by atoms with Crippen molar-refractivity contribution < 1.29 is 4.42 Å². The van der Waals surface area contributed by atoms with Gasteiger partial charge in [-0.3, -0.25) is 0 Å². The van der Waals surface area contributed by atoms with Crippen molar-refractivity contribution >= 4 is 0 Å². The van der Waals surface area contributed by atoms with Gasteiger partial charge in [-0.2, -0.15) is 5.26 Å². The number of nitriles is 1. The fourth-order valence-corrected chi connectivity index (χ4v) is 1.87. The predicted octanol–water partition coefficient (Wildman–Crippen LogP) is 3.31. The molecule has 0 saturated carbocycles. The number of rotatable bonds is 4. The van der Waals surface area contributed by atoms with Gasteiger partial charge in [0.05, 0.1) is 23.9 Å². The van der Waals surface area contributed by atoms with Crippen LogP contribution in [0.3, 0.4) is 0 Å². The Kier molecular flexibility index (Phi) is 3.81. The van der Waals surface area contributed by atoms with Crippen LogP contribution in [0.1, 0.15) is 35.4 Å². The van der Waals surface area contributed by atoms with Crippen molar-refractivity contribution in [2.75, 3.05) is 0 Å². The van der Waals surface area contributed by atoms with E-state index in [2.05, 4.69) is 18.3 Å². The molecule has 0 saturated heterocycles. The standard InChI is InChI=1S/C15H16N2O/c1-11-8-13(9-16)5-6-14(11)10-17-12(2)15-4-3-7-18-15/h3-8,12,17H,10H2,1-2H3. The normalized spacial score (nSPS) is 12.1. The van der Waals surface area contributed by atoms with E-state index in [9.17, 15) is 0 Å². The zero-order valence-electron chi connectivity index (χ0n) is 10.6. The maximum atomic E-state index is 8.82. The number of nitrogens with zero attached hydrogens (tertiary/aromatic N) is 1. The molecule has 92 valence electrons. The lowest BCUT2D eigenvalue weighted by Crippen LogP contribution is -2.18. The van der Waals surface area contributed by atoms with E-state index in [4.69, 9.17) is 9.68 Å². The second-order valence-electron chi connectivity index (χ2n) is 4.37. The molecule has 1 aromatic carbocycles. The molecule has 1 aromatic heterocycles.